The molecule has 0 spiro atoms. The summed E-state index contributed by atoms with van der Waals surface area (Å²) < 4.78 is 0. The van der Waals surface area contributed by atoms with Gasteiger partial charge in [-0.3, -0.25) is 4.90 Å². The van der Waals surface area contributed by atoms with Gasteiger partial charge < -0.3 is 5.73 Å². The first-order valence-electron chi connectivity index (χ1n) is 7.88. The molecule has 0 saturated heterocycles. The molecule has 0 bridgehead atoms. The molecule has 0 atom stereocenters. The van der Waals surface area contributed by atoms with E-state index in [9.17, 15) is 0 Å². The van der Waals surface area contributed by atoms with Crippen molar-refractivity contribution in [3.63, 3.8) is 0 Å². The highest BCUT2D eigenvalue weighted by atomic mass is 15.2. The maximum atomic E-state index is 5.54. The Morgan fingerprint density at radius 3 is 2.37 bits per heavy atom. The van der Waals surface area contributed by atoms with Crippen LogP contribution >= 0.6 is 0 Å². The van der Waals surface area contributed by atoms with E-state index in [0.29, 0.717) is 0 Å². The van der Waals surface area contributed by atoms with Crippen LogP contribution in [-0.4, -0.2) is 24.0 Å². The first-order valence-corrected chi connectivity index (χ1v) is 7.88. The van der Waals surface area contributed by atoms with E-state index < -0.39 is 0 Å². The van der Waals surface area contributed by atoms with Crippen LogP contribution in [0.15, 0.2) is 30.3 Å². The predicted molar refractivity (Wildman–Crippen MR) is 82.0 cm³/mol. The molecule has 0 amide bonds. The van der Waals surface area contributed by atoms with Crippen LogP contribution in [0, 0.1) is 0 Å². The van der Waals surface area contributed by atoms with E-state index in [1.54, 1.807) is 0 Å². The highest BCUT2D eigenvalue weighted by Crippen LogP contribution is 2.26. The van der Waals surface area contributed by atoms with E-state index >= 15 is 0 Å². The predicted octanol–water partition coefficient (Wildman–Crippen LogP) is 3.56. The fraction of sp³-hybridized carbons (Fsp3) is 0.647. The molecule has 2 heteroatoms. The van der Waals surface area contributed by atoms with Crippen LogP contribution in [0.4, 0.5) is 0 Å². The molecule has 1 aliphatic rings. The van der Waals surface area contributed by atoms with Crippen LogP contribution in [0.3, 0.4) is 0 Å². The van der Waals surface area contributed by atoms with Crippen LogP contribution in [0.25, 0.3) is 0 Å². The average molecular weight is 260 g/mol. The molecule has 1 saturated carbocycles. The van der Waals surface area contributed by atoms with Gasteiger partial charge in [0.05, 0.1) is 0 Å². The third-order valence-electron chi connectivity index (χ3n) is 4.22. The van der Waals surface area contributed by atoms with E-state index in [1.165, 1.54) is 57.1 Å². The summed E-state index contributed by atoms with van der Waals surface area (Å²) in [4.78, 5) is 2.70. The standard InChI is InChI=1S/C17H28N2/c18-13-6-1-2-7-14-19(17-11-8-12-17)15-16-9-4-3-5-10-16/h3-5,9-10,17H,1-2,6-8,11-15,18H2. The monoisotopic (exact) mass is 260 g/mol. The number of unbranched alkanes of at least 4 members (excludes halogenated alkanes) is 3. The second-order valence-corrected chi connectivity index (χ2v) is 5.74. The molecule has 1 aliphatic carbocycles. The Hall–Kier alpha value is -0.860. The Balaban J connectivity index is 1.75. The third-order valence-corrected chi connectivity index (χ3v) is 4.22. The molecule has 0 radical (unpaired) electrons. The first kappa shape index (κ1) is 14.5. The quantitative estimate of drug-likeness (QED) is 0.688. The van der Waals surface area contributed by atoms with Gasteiger partial charge in [0.25, 0.3) is 0 Å². The number of rotatable bonds is 9. The summed E-state index contributed by atoms with van der Waals surface area (Å²) in [5.41, 5.74) is 7.00. The number of hydrogen-bond donors (Lipinski definition) is 1. The van der Waals surface area contributed by atoms with E-state index in [0.717, 1.165) is 19.1 Å². The molecule has 0 aliphatic heterocycles. The number of nitrogens with zero attached hydrogens (tertiary/aromatic N) is 1. The first-order chi connectivity index (χ1) is 9.40. The molecule has 2 nitrogen and oxygen atoms in total. The minimum Gasteiger partial charge on any atom is -0.330 e. The highest BCUT2D eigenvalue weighted by Gasteiger charge is 2.24. The zero-order valence-corrected chi connectivity index (χ0v) is 12.1. The maximum absolute atomic E-state index is 5.54. The smallest absolute Gasteiger partial charge is 0.0236 e. The van der Waals surface area contributed by atoms with Crippen molar-refractivity contribution in [1.82, 2.24) is 4.90 Å². The van der Waals surface area contributed by atoms with Crippen molar-refractivity contribution < 1.29 is 0 Å². The van der Waals surface area contributed by atoms with Gasteiger partial charge in [0.1, 0.15) is 0 Å². The molecule has 1 aromatic rings. The minimum absolute atomic E-state index is 0.842. The van der Waals surface area contributed by atoms with Gasteiger partial charge in [0.2, 0.25) is 0 Å². The molecular weight excluding hydrogens is 232 g/mol. The highest BCUT2D eigenvalue weighted by molar-refractivity contribution is 5.14. The lowest BCUT2D eigenvalue weighted by Gasteiger charge is -2.37. The number of nitrogens with two attached hydrogens (primary N) is 1. The van der Waals surface area contributed by atoms with Crippen LogP contribution in [-0.2, 0) is 6.54 Å². The summed E-state index contributed by atoms with van der Waals surface area (Å²) in [5.74, 6) is 0. The van der Waals surface area contributed by atoms with Crippen LogP contribution in [0.5, 0.6) is 0 Å². The Kier molecular flexibility index (Phi) is 6.38. The summed E-state index contributed by atoms with van der Waals surface area (Å²) in [5, 5.41) is 0. The molecule has 1 aromatic carbocycles. The van der Waals surface area contributed by atoms with Crippen LogP contribution in [0.1, 0.15) is 50.5 Å². The molecule has 0 heterocycles. The fourth-order valence-electron chi connectivity index (χ4n) is 2.77. The summed E-state index contributed by atoms with van der Waals surface area (Å²) in [6.45, 7) is 3.23. The van der Waals surface area contributed by atoms with Crippen LogP contribution in [0.2, 0.25) is 0 Å². The molecular formula is C17H28N2. The molecule has 2 N–H and O–H groups in total. The Labute approximate surface area is 118 Å². The van der Waals surface area contributed by atoms with Crippen molar-refractivity contribution in [2.24, 2.45) is 5.73 Å². The minimum atomic E-state index is 0.842. The Morgan fingerprint density at radius 1 is 1.00 bits per heavy atom. The van der Waals surface area contributed by atoms with Crippen molar-refractivity contribution in [2.75, 3.05) is 13.1 Å². The van der Waals surface area contributed by atoms with Gasteiger partial charge in [-0.2, -0.15) is 0 Å². The van der Waals surface area contributed by atoms with Crippen molar-refractivity contribution in [2.45, 2.75) is 57.5 Å². The van der Waals surface area contributed by atoms with Crippen molar-refractivity contribution >= 4 is 0 Å². The average Bonchev–Trinajstić information content (AvgIpc) is 2.37. The van der Waals surface area contributed by atoms with Gasteiger partial charge in [-0.15, -0.1) is 0 Å². The SMILES string of the molecule is NCCCCCCN(Cc1ccccc1)C1CCC1. The summed E-state index contributed by atoms with van der Waals surface area (Å²) >= 11 is 0. The van der Waals surface area contributed by atoms with Gasteiger partial charge in [-0.05, 0) is 44.3 Å². The summed E-state index contributed by atoms with van der Waals surface area (Å²) in [7, 11) is 0. The Morgan fingerprint density at radius 2 is 1.74 bits per heavy atom. The second kappa shape index (κ2) is 8.34. The normalized spacial score (nSPS) is 15.7. The lowest BCUT2D eigenvalue weighted by Crippen LogP contribution is -2.40. The van der Waals surface area contributed by atoms with Gasteiger partial charge in [0.15, 0.2) is 0 Å². The number of hydrogen-bond acceptors (Lipinski definition) is 2. The topological polar surface area (TPSA) is 29.3 Å². The molecule has 19 heavy (non-hydrogen) atoms. The van der Waals surface area contributed by atoms with E-state index in [1.807, 2.05) is 0 Å². The van der Waals surface area contributed by atoms with Crippen molar-refractivity contribution in [1.29, 1.82) is 0 Å². The lowest BCUT2D eigenvalue weighted by molar-refractivity contribution is 0.117. The molecule has 1 fully saturated rings. The van der Waals surface area contributed by atoms with Crippen LogP contribution < -0.4 is 5.73 Å². The zero-order valence-electron chi connectivity index (χ0n) is 12.1. The zero-order chi connectivity index (χ0) is 13.3. The fourth-order valence-corrected chi connectivity index (χ4v) is 2.77. The Bertz CT molecular complexity index is 332. The third kappa shape index (κ3) is 4.96. The summed E-state index contributed by atoms with van der Waals surface area (Å²) in [6, 6.07) is 11.7. The largest absolute Gasteiger partial charge is 0.330 e. The molecule has 106 valence electrons. The van der Waals surface area contributed by atoms with Crippen molar-refractivity contribution in [3.8, 4) is 0 Å². The molecule has 0 aromatic heterocycles. The number of benzene rings is 1. The van der Waals surface area contributed by atoms with E-state index in [2.05, 4.69) is 35.2 Å². The second-order valence-electron chi connectivity index (χ2n) is 5.74. The molecule has 0 unspecified atom stereocenters. The van der Waals surface area contributed by atoms with E-state index in [4.69, 9.17) is 5.73 Å². The van der Waals surface area contributed by atoms with E-state index in [-0.39, 0.29) is 0 Å². The van der Waals surface area contributed by atoms with Gasteiger partial charge >= 0.3 is 0 Å². The molecule has 2 rings (SSSR count). The van der Waals surface area contributed by atoms with Gasteiger partial charge in [-0.25, -0.2) is 0 Å². The van der Waals surface area contributed by atoms with Crippen molar-refractivity contribution in [3.05, 3.63) is 35.9 Å². The maximum Gasteiger partial charge on any atom is 0.0236 e. The van der Waals surface area contributed by atoms with Gasteiger partial charge in [0, 0.05) is 12.6 Å². The lowest BCUT2D eigenvalue weighted by atomic mass is 9.91. The van der Waals surface area contributed by atoms with Gasteiger partial charge in [-0.1, -0.05) is 49.6 Å². The summed E-state index contributed by atoms with van der Waals surface area (Å²) in [6.07, 6.45) is 9.34.